The topological polar surface area (TPSA) is 146 Å². The maximum absolute atomic E-state index is 13.7. The first-order valence-corrected chi connectivity index (χ1v) is 18.2. The van der Waals surface area contributed by atoms with E-state index >= 15 is 0 Å². The standard InChI is InChI=1S/C38H53N7O6/c1-24(2)43-12-14-44(15-13-43)35-19-27(18-34(42-35)41-29-8-7-9-29)36(47)39-20-32(46)31-17-26-10-11-30(49-22-33-25(3)40-23-50-33)16-28(26)21-45(31)37(48)51-38(4,5)6/h10-11,16,18-19,23-24,29,31-32,46H,7-9,12-15,17,20-22H2,1-6H3,(H,39,47)(H,41,42)/t31?,32-/m1/s1. The number of oxazole rings is 1. The molecule has 0 spiro atoms. The highest BCUT2D eigenvalue weighted by Gasteiger charge is 2.37. The number of benzene rings is 1. The highest BCUT2D eigenvalue weighted by Crippen LogP contribution is 2.31. The summed E-state index contributed by atoms with van der Waals surface area (Å²) in [6, 6.07) is 9.58. The van der Waals surface area contributed by atoms with Gasteiger partial charge in [-0.2, -0.15) is 0 Å². The van der Waals surface area contributed by atoms with E-state index in [1.54, 1.807) is 11.0 Å². The first-order valence-electron chi connectivity index (χ1n) is 18.2. The molecule has 2 amide bonds. The Morgan fingerprint density at radius 1 is 1.08 bits per heavy atom. The number of anilines is 2. The minimum Gasteiger partial charge on any atom is -0.486 e. The number of hydrogen-bond acceptors (Lipinski definition) is 11. The Hall–Kier alpha value is -4.36. The molecular formula is C38H53N7O6. The number of ether oxygens (including phenoxy) is 2. The van der Waals surface area contributed by atoms with Crippen LogP contribution in [0.15, 0.2) is 41.1 Å². The number of carbonyl (C=O) groups is 2. The van der Waals surface area contributed by atoms with E-state index in [2.05, 4.69) is 39.3 Å². The van der Waals surface area contributed by atoms with Gasteiger partial charge in [0.15, 0.2) is 12.2 Å². The summed E-state index contributed by atoms with van der Waals surface area (Å²) >= 11 is 0. The van der Waals surface area contributed by atoms with Crippen LogP contribution in [0.4, 0.5) is 16.4 Å². The lowest BCUT2D eigenvalue weighted by Gasteiger charge is -2.40. The van der Waals surface area contributed by atoms with Crippen LogP contribution in [0.3, 0.4) is 0 Å². The summed E-state index contributed by atoms with van der Waals surface area (Å²) in [4.78, 5) is 42.5. The number of hydrogen-bond donors (Lipinski definition) is 3. The van der Waals surface area contributed by atoms with Crippen molar-refractivity contribution in [3.63, 3.8) is 0 Å². The van der Waals surface area contributed by atoms with Gasteiger partial charge in [-0.1, -0.05) is 6.07 Å². The smallest absolute Gasteiger partial charge is 0.410 e. The van der Waals surface area contributed by atoms with E-state index in [1.165, 1.54) is 12.8 Å². The normalized spacial score (nSPS) is 18.9. The lowest BCUT2D eigenvalue weighted by molar-refractivity contribution is -0.0113. The fourth-order valence-electron chi connectivity index (χ4n) is 6.70. The molecule has 276 valence electrons. The summed E-state index contributed by atoms with van der Waals surface area (Å²) in [5.41, 5.74) is 2.39. The van der Waals surface area contributed by atoms with Crippen LogP contribution in [0, 0.1) is 6.92 Å². The van der Waals surface area contributed by atoms with Crippen LogP contribution in [0.25, 0.3) is 0 Å². The Kier molecular flexibility index (Phi) is 11.1. The third-order valence-corrected chi connectivity index (χ3v) is 10.0. The second-order valence-electron chi connectivity index (χ2n) is 15.2. The molecule has 2 aromatic heterocycles. The fourth-order valence-corrected chi connectivity index (χ4v) is 6.70. The van der Waals surface area contributed by atoms with E-state index in [1.807, 2.05) is 52.0 Å². The highest BCUT2D eigenvalue weighted by atomic mass is 16.6. The quantitative estimate of drug-likeness (QED) is 0.251. The third-order valence-electron chi connectivity index (χ3n) is 10.0. The molecule has 4 heterocycles. The predicted molar refractivity (Wildman–Crippen MR) is 194 cm³/mol. The van der Waals surface area contributed by atoms with Gasteiger partial charge < -0.3 is 34.5 Å². The van der Waals surface area contributed by atoms with Crippen molar-refractivity contribution in [2.45, 2.75) is 110 Å². The van der Waals surface area contributed by atoms with Gasteiger partial charge in [0, 0.05) is 56.9 Å². The molecule has 1 saturated carbocycles. The fraction of sp³-hybridized carbons (Fsp3) is 0.579. The predicted octanol–water partition coefficient (Wildman–Crippen LogP) is 4.90. The van der Waals surface area contributed by atoms with E-state index in [0.717, 1.165) is 61.7 Å². The van der Waals surface area contributed by atoms with Gasteiger partial charge in [0.05, 0.1) is 17.8 Å². The van der Waals surface area contributed by atoms with Crippen molar-refractivity contribution in [1.82, 2.24) is 25.1 Å². The van der Waals surface area contributed by atoms with Crippen LogP contribution in [0.5, 0.6) is 5.75 Å². The zero-order valence-electron chi connectivity index (χ0n) is 30.8. The van der Waals surface area contributed by atoms with Crippen LogP contribution in [0.1, 0.15) is 86.8 Å². The molecule has 3 N–H and O–H groups in total. The summed E-state index contributed by atoms with van der Waals surface area (Å²) in [6.07, 6.45) is 3.54. The van der Waals surface area contributed by atoms with Crippen LogP contribution >= 0.6 is 0 Å². The minimum atomic E-state index is -1.06. The molecule has 51 heavy (non-hydrogen) atoms. The van der Waals surface area contributed by atoms with Crippen molar-refractivity contribution in [1.29, 1.82) is 0 Å². The number of nitrogens with zero attached hydrogens (tertiary/aromatic N) is 5. The number of aromatic nitrogens is 2. The number of carbonyl (C=O) groups excluding carboxylic acids is 2. The van der Waals surface area contributed by atoms with E-state index in [-0.39, 0.29) is 25.6 Å². The van der Waals surface area contributed by atoms with Gasteiger partial charge in [0.1, 0.15) is 29.6 Å². The Balaban J connectivity index is 1.16. The molecule has 6 rings (SSSR count). The Morgan fingerprint density at radius 3 is 2.49 bits per heavy atom. The number of rotatable bonds is 11. The molecule has 2 aliphatic heterocycles. The van der Waals surface area contributed by atoms with Crippen molar-refractivity contribution in [3.05, 3.63) is 64.9 Å². The number of fused-ring (bicyclic) bond motifs is 1. The number of aliphatic hydroxyl groups is 1. The zero-order valence-corrected chi connectivity index (χ0v) is 30.8. The first kappa shape index (κ1) is 36.4. The van der Waals surface area contributed by atoms with E-state index in [9.17, 15) is 14.7 Å². The van der Waals surface area contributed by atoms with Gasteiger partial charge in [-0.25, -0.2) is 14.8 Å². The molecule has 1 unspecified atom stereocenters. The van der Waals surface area contributed by atoms with Crippen LogP contribution in [-0.4, -0.2) is 99.4 Å². The van der Waals surface area contributed by atoms with Gasteiger partial charge in [-0.05, 0) is 103 Å². The summed E-state index contributed by atoms with van der Waals surface area (Å²) in [5.74, 6) is 2.43. The first-order chi connectivity index (χ1) is 24.3. The van der Waals surface area contributed by atoms with E-state index < -0.39 is 23.8 Å². The molecule has 2 fully saturated rings. The van der Waals surface area contributed by atoms with Crippen molar-refractivity contribution >= 4 is 23.6 Å². The molecule has 1 aromatic carbocycles. The second-order valence-corrected chi connectivity index (χ2v) is 15.2. The van der Waals surface area contributed by atoms with E-state index in [4.69, 9.17) is 18.9 Å². The average Bonchev–Trinajstić information content (AvgIpc) is 3.50. The lowest BCUT2D eigenvalue weighted by atomic mass is 9.91. The molecule has 1 saturated heterocycles. The Bertz CT molecular complexity index is 1680. The second kappa shape index (κ2) is 15.5. The number of aryl methyl sites for hydroxylation is 1. The van der Waals surface area contributed by atoms with Crippen molar-refractivity contribution in [2.24, 2.45) is 0 Å². The van der Waals surface area contributed by atoms with Crippen molar-refractivity contribution in [2.75, 3.05) is 42.9 Å². The molecule has 1 aliphatic carbocycles. The molecule has 0 bridgehead atoms. The SMILES string of the molecule is Cc1ncoc1COc1ccc2c(c1)CN(C(=O)OC(C)(C)C)C([C@H](O)CNC(=O)c1cc(NC3CCC3)nc(N3CCN(C(C)C)CC3)c1)C2. The lowest BCUT2D eigenvalue weighted by Crippen LogP contribution is -2.54. The van der Waals surface area contributed by atoms with Gasteiger partial charge >= 0.3 is 6.09 Å². The van der Waals surface area contributed by atoms with Gasteiger partial charge in [-0.3, -0.25) is 14.6 Å². The highest BCUT2D eigenvalue weighted by molar-refractivity contribution is 5.95. The van der Waals surface area contributed by atoms with E-state index in [0.29, 0.717) is 41.4 Å². The molecule has 13 nitrogen and oxygen atoms in total. The monoisotopic (exact) mass is 703 g/mol. The average molecular weight is 704 g/mol. The molecule has 2 atom stereocenters. The molecule has 0 radical (unpaired) electrons. The summed E-state index contributed by atoms with van der Waals surface area (Å²) in [7, 11) is 0. The number of pyridine rings is 1. The largest absolute Gasteiger partial charge is 0.486 e. The van der Waals surface area contributed by atoms with Crippen molar-refractivity contribution < 1.29 is 28.6 Å². The molecule has 13 heteroatoms. The summed E-state index contributed by atoms with van der Waals surface area (Å²) in [5, 5.41) is 18.0. The molecule has 3 aliphatic rings. The summed E-state index contributed by atoms with van der Waals surface area (Å²) < 4.78 is 17.1. The minimum absolute atomic E-state index is 0.0496. The number of piperazine rings is 1. The van der Waals surface area contributed by atoms with Gasteiger partial charge in [0.25, 0.3) is 5.91 Å². The van der Waals surface area contributed by atoms with Crippen molar-refractivity contribution in [3.8, 4) is 5.75 Å². The Morgan fingerprint density at radius 2 is 1.84 bits per heavy atom. The van der Waals surface area contributed by atoms with Gasteiger partial charge in [-0.15, -0.1) is 0 Å². The Labute approximate surface area is 300 Å². The van der Waals surface area contributed by atoms with Gasteiger partial charge in [0.2, 0.25) is 0 Å². The number of nitrogens with one attached hydrogen (secondary N) is 2. The molecule has 3 aromatic rings. The zero-order chi connectivity index (χ0) is 36.3. The van der Waals surface area contributed by atoms with Crippen LogP contribution < -0.4 is 20.3 Å². The maximum Gasteiger partial charge on any atom is 0.410 e. The number of aliphatic hydroxyl groups excluding tert-OH is 1. The third kappa shape index (κ3) is 9.12. The maximum atomic E-state index is 13.7. The van der Waals surface area contributed by atoms with Crippen LogP contribution in [-0.2, 0) is 24.3 Å². The molecular weight excluding hydrogens is 650 g/mol. The van der Waals surface area contributed by atoms with Crippen LogP contribution in [0.2, 0.25) is 0 Å². The summed E-state index contributed by atoms with van der Waals surface area (Å²) in [6.45, 7) is 15.6. The number of amides is 2.